The number of carbonyl (C=O) groups excluding carboxylic acids is 1. The first-order valence-corrected chi connectivity index (χ1v) is 6.89. The Balaban J connectivity index is 2.17. The van der Waals surface area contributed by atoms with E-state index in [1.807, 2.05) is 41.6 Å². The third-order valence-electron chi connectivity index (χ3n) is 3.07. The summed E-state index contributed by atoms with van der Waals surface area (Å²) in [6, 6.07) is 1.85. The van der Waals surface area contributed by atoms with Crippen molar-refractivity contribution in [2.75, 3.05) is 7.05 Å². The van der Waals surface area contributed by atoms with Gasteiger partial charge in [-0.2, -0.15) is 0 Å². The Morgan fingerprint density at radius 1 is 1.53 bits per heavy atom. The van der Waals surface area contributed by atoms with E-state index in [2.05, 4.69) is 20.9 Å². The van der Waals surface area contributed by atoms with E-state index < -0.39 is 0 Å². The van der Waals surface area contributed by atoms with Gasteiger partial charge in [0, 0.05) is 43.7 Å². The molecule has 2 rings (SSSR count). The fourth-order valence-corrected chi connectivity index (χ4v) is 2.41. The van der Waals surface area contributed by atoms with Crippen molar-refractivity contribution in [2.24, 2.45) is 7.05 Å². The lowest BCUT2D eigenvalue weighted by Crippen LogP contribution is -2.29. The zero-order valence-electron chi connectivity index (χ0n) is 11.3. The van der Waals surface area contributed by atoms with Crippen LogP contribution in [0.15, 0.2) is 29.1 Å². The number of nitrogens with zero attached hydrogens (tertiary/aromatic N) is 4. The summed E-state index contributed by atoms with van der Waals surface area (Å²) in [7, 11) is 3.71. The van der Waals surface area contributed by atoms with Gasteiger partial charge in [-0.3, -0.25) is 4.79 Å². The van der Waals surface area contributed by atoms with Gasteiger partial charge < -0.3 is 14.0 Å². The van der Waals surface area contributed by atoms with Crippen molar-refractivity contribution < 1.29 is 4.79 Å². The number of imidazole rings is 1. The largest absolute Gasteiger partial charge is 0.343 e. The number of hydrogen-bond acceptors (Lipinski definition) is 2. The molecule has 0 saturated heterocycles. The average Bonchev–Trinajstić information content (AvgIpc) is 2.95. The van der Waals surface area contributed by atoms with Crippen LogP contribution in [0, 0.1) is 0 Å². The molecule has 0 aliphatic heterocycles. The summed E-state index contributed by atoms with van der Waals surface area (Å²) < 4.78 is 4.77. The van der Waals surface area contributed by atoms with E-state index in [1.54, 1.807) is 18.1 Å². The monoisotopic (exact) mass is 324 g/mol. The van der Waals surface area contributed by atoms with Crippen LogP contribution in [0.5, 0.6) is 0 Å². The summed E-state index contributed by atoms with van der Waals surface area (Å²) in [6.45, 7) is 3.28. The van der Waals surface area contributed by atoms with E-state index in [0.717, 1.165) is 16.8 Å². The molecule has 2 aromatic heterocycles. The lowest BCUT2D eigenvalue weighted by atomic mass is 10.3. The van der Waals surface area contributed by atoms with E-state index in [1.165, 1.54) is 0 Å². The summed E-state index contributed by atoms with van der Waals surface area (Å²) in [6.07, 6.45) is 5.53. The zero-order chi connectivity index (χ0) is 14.0. The van der Waals surface area contributed by atoms with Crippen molar-refractivity contribution in [3.63, 3.8) is 0 Å². The molecular weight excluding hydrogens is 308 g/mol. The smallest absolute Gasteiger partial charge is 0.270 e. The van der Waals surface area contributed by atoms with Crippen molar-refractivity contribution in [2.45, 2.75) is 20.0 Å². The standard InChI is InChI=1S/C13H17BrN4O/c1-4-18-8-10(14)7-11(18)13(19)17(3)9-12-15-5-6-16(12)2/h5-8H,4,9H2,1-3H3. The number of amides is 1. The van der Waals surface area contributed by atoms with Crippen LogP contribution in [0.4, 0.5) is 0 Å². The molecule has 1 amide bonds. The van der Waals surface area contributed by atoms with Crippen LogP contribution in [0.25, 0.3) is 0 Å². The Kier molecular flexibility index (Phi) is 4.09. The van der Waals surface area contributed by atoms with Crippen LogP contribution in [-0.4, -0.2) is 32.0 Å². The molecular formula is C13H17BrN4O. The molecule has 0 aliphatic carbocycles. The van der Waals surface area contributed by atoms with Crippen LogP contribution >= 0.6 is 15.9 Å². The first-order chi connectivity index (χ1) is 9.02. The molecule has 0 unspecified atom stereocenters. The van der Waals surface area contributed by atoms with Crippen LogP contribution in [-0.2, 0) is 20.1 Å². The molecule has 19 heavy (non-hydrogen) atoms. The molecule has 0 saturated carbocycles. The van der Waals surface area contributed by atoms with Gasteiger partial charge in [0.05, 0.1) is 6.54 Å². The first kappa shape index (κ1) is 13.9. The molecule has 0 spiro atoms. The molecule has 0 aliphatic rings. The van der Waals surface area contributed by atoms with Gasteiger partial charge in [-0.1, -0.05) is 0 Å². The van der Waals surface area contributed by atoms with Gasteiger partial charge in [0.2, 0.25) is 0 Å². The fraction of sp³-hybridized carbons (Fsp3) is 0.385. The van der Waals surface area contributed by atoms with Gasteiger partial charge in [0.25, 0.3) is 5.91 Å². The Morgan fingerprint density at radius 2 is 2.26 bits per heavy atom. The molecule has 6 heteroatoms. The van der Waals surface area contributed by atoms with E-state index in [0.29, 0.717) is 12.2 Å². The number of halogens is 1. The average molecular weight is 325 g/mol. The second kappa shape index (κ2) is 5.61. The van der Waals surface area contributed by atoms with E-state index in [4.69, 9.17) is 0 Å². The molecule has 102 valence electrons. The first-order valence-electron chi connectivity index (χ1n) is 6.10. The summed E-state index contributed by atoms with van der Waals surface area (Å²) in [5.74, 6) is 0.861. The minimum absolute atomic E-state index is 0.00412. The molecule has 0 N–H and O–H groups in total. The fourth-order valence-electron chi connectivity index (χ4n) is 1.94. The Labute approximate surface area is 121 Å². The number of rotatable bonds is 4. The topological polar surface area (TPSA) is 43.1 Å². The van der Waals surface area contributed by atoms with Crippen molar-refractivity contribution in [3.05, 3.63) is 40.6 Å². The molecule has 0 radical (unpaired) electrons. The van der Waals surface area contributed by atoms with E-state index in [-0.39, 0.29) is 5.91 Å². The highest BCUT2D eigenvalue weighted by Crippen LogP contribution is 2.17. The highest BCUT2D eigenvalue weighted by Gasteiger charge is 2.17. The molecule has 5 nitrogen and oxygen atoms in total. The zero-order valence-corrected chi connectivity index (χ0v) is 12.9. The quantitative estimate of drug-likeness (QED) is 0.865. The molecule has 2 aromatic rings. The van der Waals surface area contributed by atoms with Crippen LogP contribution in [0.2, 0.25) is 0 Å². The third kappa shape index (κ3) is 2.89. The van der Waals surface area contributed by atoms with Gasteiger partial charge >= 0.3 is 0 Å². The highest BCUT2D eigenvalue weighted by atomic mass is 79.9. The predicted molar refractivity (Wildman–Crippen MR) is 76.8 cm³/mol. The molecule has 0 aromatic carbocycles. The van der Waals surface area contributed by atoms with Gasteiger partial charge in [-0.05, 0) is 28.9 Å². The van der Waals surface area contributed by atoms with Gasteiger partial charge in [-0.25, -0.2) is 4.98 Å². The maximum atomic E-state index is 12.4. The van der Waals surface area contributed by atoms with Crippen LogP contribution in [0.1, 0.15) is 23.2 Å². The Hall–Kier alpha value is -1.56. The molecule has 0 bridgehead atoms. The Morgan fingerprint density at radius 3 is 2.84 bits per heavy atom. The predicted octanol–water partition coefficient (Wildman–Crippen LogP) is 2.28. The SMILES string of the molecule is CCn1cc(Br)cc1C(=O)N(C)Cc1nccn1C. The van der Waals surface area contributed by atoms with Crippen LogP contribution < -0.4 is 0 Å². The minimum Gasteiger partial charge on any atom is -0.343 e. The third-order valence-corrected chi connectivity index (χ3v) is 3.50. The lowest BCUT2D eigenvalue weighted by Gasteiger charge is -2.17. The Bertz CT molecular complexity index is 587. The van der Waals surface area contributed by atoms with Gasteiger partial charge in [-0.15, -0.1) is 0 Å². The van der Waals surface area contributed by atoms with Crippen molar-refractivity contribution in [3.8, 4) is 0 Å². The maximum Gasteiger partial charge on any atom is 0.270 e. The number of aromatic nitrogens is 3. The molecule has 0 atom stereocenters. The second-order valence-corrected chi connectivity index (χ2v) is 5.36. The number of hydrogen-bond donors (Lipinski definition) is 0. The minimum atomic E-state index is -0.00412. The molecule has 0 fully saturated rings. The normalized spacial score (nSPS) is 10.7. The lowest BCUT2D eigenvalue weighted by molar-refractivity contribution is 0.0770. The van der Waals surface area contributed by atoms with E-state index >= 15 is 0 Å². The summed E-state index contributed by atoms with van der Waals surface area (Å²) in [5.41, 5.74) is 0.686. The number of carbonyl (C=O) groups is 1. The van der Waals surface area contributed by atoms with E-state index in [9.17, 15) is 4.79 Å². The van der Waals surface area contributed by atoms with Gasteiger partial charge in [0.15, 0.2) is 0 Å². The maximum absolute atomic E-state index is 12.4. The second-order valence-electron chi connectivity index (χ2n) is 4.45. The van der Waals surface area contributed by atoms with Crippen molar-refractivity contribution in [1.29, 1.82) is 0 Å². The summed E-state index contributed by atoms with van der Waals surface area (Å²) >= 11 is 3.41. The molecule has 2 heterocycles. The van der Waals surface area contributed by atoms with Gasteiger partial charge in [0.1, 0.15) is 11.5 Å². The summed E-state index contributed by atoms with van der Waals surface area (Å²) in [4.78, 5) is 18.3. The van der Waals surface area contributed by atoms with Crippen LogP contribution in [0.3, 0.4) is 0 Å². The van der Waals surface area contributed by atoms with Crippen molar-refractivity contribution >= 4 is 21.8 Å². The summed E-state index contributed by atoms with van der Waals surface area (Å²) in [5, 5.41) is 0. The highest BCUT2D eigenvalue weighted by molar-refractivity contribution is 9.10. The number of aryl methyl sites for hydroxylation is 2. The van der Waals surface area contributed by atoms with Crippen molar-refractivity contribution in [1.82, 2.24) is 19.0 Å².